The molecular weight excluding hydrogens is 337 g/mol. The maximum Gasteiger partial charge on any atom is 0.338 e. The highest BCUT2D eigenvalue weighted by Crippen LogP contribution is 2.32. The second kappa shape index (κ2) is 6.51. The van der Waals surface area contributed by atoms with Crippen LogP contribution in [0.15, 0.2) is 24.3 Å². The minimum Gasteiger partial charge on any atom is -0.452 e. The molecule has 1 saturated carbocycles. The quantitative estimate of drug-likeness (QED) is 0.741. The van der Waals surface area contributed by atoms with Gasteiger partial charge in [-0.15, -0.1) is 0 Å². The van der Waals surface area contributed by atoms with Crippen LogP contribution in [0.25, 0.3) is 0 Å². The van der Waals surface area contributed by atoms with Crippen molar-refractivity contribution in [2.45, 2.75) is 31.3 Å². The lowest BCUT2D eigenvalue weighted by atomic mass is 10.2. The fraction of sp³-hybridized carbons (Fsp3) is 0.500. The molecule has 0 unspecified atom stereocenters. The summed E-state index contributed by atoms with van der Waals surface area (Å²) >= 11 is 0. The average Bonchev–Trinajstić information content (AvgIpc) is 3.28. The van der Waals surface area contributed by atoms with E-state index in [1.807, 2.05) is 0 Å². The van der Waals surface area contributed by atoms with Gasteiger partial charge in [0.2, 0.25) is 0 Å². The minimum absolute atomic E-state index is 0.0312. The Hall–Kier alpha value is -1.96. The molecule has 2 fully saturated rings. The number of rotatable bonds is 5. The van der Waals surface area contributed by atoms with E-state index in [2.05, 4.69) is 0 Å². The van der Waals surface area contributed by atoms with Gasteiger partial charge in [0.1, 0.15) is 5.82 Å². The zero-order valence-electron chi connectivity index (χ0n) is 13.0. The number of ether oxygens (including phenoxy) is 1. The zero-order valence-corrected chi connectivity index (χ0v) is 13.8. The van der Waals surface area contributed by atoms with Crippen molar-refractivity contribution in [3.8, 4) is 0 Å². The molecule has 0 bridgehead atoms. The SMILES string of the molecule is O=C(OCC(=O)N(C1CC1)[C@@H]1CCS(=O)(=O)C1)c1cccc(F)c1. The highest BCUT2D eigenvalue weighted by atomic mass is 32.2. The number of nitrogens with zero attached hydrogens (tertiary/aromatic N) is 1. The molecule has 2 aliphatic rings. The molecule has 1 aliphatic carbocycles. The third-order valence-electron chi connectivity index (χ3n) is 4.22. The molecule has 0 aromatic heterocycles. The largest absolute Gasteiger partial charge is 0.452 e. The van der Waals surface area contributed by atoms with Crippen LogP contribution in [-0.4, -0.2) is 55.4 Å². The number of hydrogen-bond acceptors (Lipinski definition) is 5. The molecule has 1 aliphatic heterocycles. The summed E-state index contributed by atoms with van der Waals surface area (Å²) in [6, 6.07) is 4.71. The molecule has 1 aromatic rings. The van der Waals surface area contributed by atoms with E-state index in [0.29, 0.717) is 6.42 Å². The second-order valence-electron chi connectivity index (χ2n) is 6.18. The Bertz CT molecular complexity index is 759. The molecule has 1 aromatic carbocycles. The summed E-state index contributed by atoms with van der Waals surface area (Å²) in [5, 5.41) is 0. The van der Waals surface area contributed by atoms with Gasteiger partial charge >= 0.3 is 5.97 Å². The van der Waals surface area contributed by atoms with Crippen molar-refractivity contribution >= 4 is 21.7 Å². The van der Waals surface area contributed by atoms with Gasteiger partial charge in [0.25, 0.3) is 5.91 Å². The fourth-order valence-electron chi connectivity index (χ4n) is 2.95. The Labute approximate surface area is 139 Å². The summed E-state index contributed by atoms with van der Waals surface area (Å²) in [7, 11) is -3.10. The number of halogens is 1. The van der Waals surface area contributed by atoms with E-state index in [-0.39, 0.29) is 29.2 Å². The van der Waals surface area contributed by atoms with Crippen LogP contribution in [0.3, 0.4) is 0 Å². The first-order valence-electron chi connectivity index (χ1n) is 7.80. The topological polar surface area (TPSA) is 80.8 Å². The maximum absolute atomic E-state index is 13.1. The first-order valence-corrected chi connectivity index (χ1v) is 9.62. The Kier molecular flexibility index (Phi) is 4.58. The van der Waals surface area contributed by atoms with E-state index in [1.165, 1.54) is 18.2 Å². The molecule has 24 heavy (non-hydrogen) atoms. The standard InChI is InChI=1S/C16H18FNO5S/c17-12-3-1-2-11(8-12)16(20)23-9-15(19)18(13-4-5-13)14-6-7-24(21,22)10-14/h1-3,8,13-14H,4-7,9-10H2/t14-/m1/s1. The number of sulfone groups is 1. The average molecular weight is 355 g/mol. The van der Waals surface area contributed by atoms with E-state index >= 15 is 0 Å². The maximum atomic E-state index is 13.1. The lowest BCUT2D eigenvalue weighted by Crippen LogP contribution is -2.44. The lowest BCUT2D eigenvalue weighted by molar-refractivity contribution is -0.137. The molecule has 0 spiro atoms. The van der Waals surface area contributed by atoms with Crippen molar-refractivity contribution in [2.24, 2.45) is 0 Å². The first kappa shape index (κ1) is 16.9. The molecular formula is C16H18FNO5S. The predicted octanol–water partition coefficient (Wildman–Crippen LogP) is 1.16. The summed E-state index contributed by atoms with van der Waals surface area (Å²) in [6.45, 7) is -0.470. The molecule has 1 heterocycles. The predicted molar refractivity (Wildman–Crippen MR) is 83.6 cm³/mol. The molecule has 1 amide bonds. The number of carbonyl (C=O) groups excluding carboxylic acids is 2. The van der Waals surface area contributed by atoms with E-state index < -0.39 is 34.1 Å². The second-order valence-corrected chi connectivity index (χ2v) is 8.40. The Morgan fingerprint density at radius 2 is 1.96 bits per heavy atom. The normalized spacial score (nSPS) is 22.1. The van der Waals surface area contributed by atoms with Crippen molar-refractivity contribution in [3.63, 3.8) is 0 Å². The number of hydrogen-bond donors (Lipinski definition) is 0. The van der Waals surface area contributed by atoms with E-state index in [0.717, 1.165) is 18.9 Å². The van der Waals surface area contributed by atoms with Crippen LogP contribution >= 0.6 is 0 Å². The van der Waals surface area contributed by atoms with Crippen molar-refractivity contribution in [1.82, 2.24) is 4.90 Å². The summed E-state index contributed by atoms with van der Waals surface area (Å²) in [4.78, 5) is 25.8. The van der Waals surface area contributed by atoms with Crippen LogP contribution < -0.4 is 0 Å². The van der Waals surface area contributed by atoms with Gasteiger partial charge < -0.3 is 9.64 Å². The summed E-state index contributed by atoms with van der Waals surface area (Å²) in [5.74, 6) is -1.70. The molecule has 8 heteroatoms. The smallest absolute Gasteiger partial charge is 0.338 e. The van der Waals surface area contributed by atoms with Crippen LogP contribution in [0.2, 0.25) is 0 Å². The molecule has 130 valence electrons. The van der Waals surface area contributed by atoms with Crippen LogP contribution in [0.1, 0.15) is 29.6 Å². The van der Waals surface area contributed by atoms with E-state index in [4.69, 9.17) is 4.74 Å². The van der Waals surface area contributed by atoms with E-state index in [1.54, 1.807) is 4.90 Å². The Balaban J connectivity index is 1.61. The third kappa shape index (κ3) is 3.92. The van der Waals surface area contributed by atoms with Crippen molar-refractivity contribution in [1.29, 1.82) is 0 Å². The van der Waals surface area contributed by atoms with Gasteiger partial charge in [-0.1, -0.05) is 6.07 Å². The Morgan fingerprint density at radius 3 is 2.54 bits per heavy atom. The Morgan fingerprint density at radius 1 is 1.21 bits per heavy atom. The first-order chi connectivity index (χ1) is 11.4. The van der Waals surface area contributed by atoms with Crippen molar-refractivity contribution < 1.29 is 27.1 Å². The molecule has 1 saturated heterocycles. The van der Waals surface area contributed by atoms with Gasteiger partial charge in [-0.25, -0.2) is 17.6 Å². The van der Waals surface area contributed by atoms with E-state index in [9.17, 15) is 22.4 Å². The minimum atomic E-state index is -3.10. The number of esters is 1. The summed E-state index contributed by atoms with van der Waals surface area (Å²) in [5.41, 5.74) is 0.0317. The molecule has 1 atom stereocenters. The number of amides is 1. The third-order valence-corrected chi connectivity index (χ3v) is 5.97. The molecule has 6 nitrogen and oxygen atoms in total. The molecule has 0 radical (unpaired) electrons. The fourth-order valence-corrected chi connectivity index (χ4v) is 4.66. The number of carbonyl (C=O) groups is 2. The van der Waals surface area contributed by atoms with Gasteiger partial charge in [0, 0.05) is 12.1 Å². The van der Waals surface area contributed by atoms with Crippen LogP contribution in [0.4, 0.5) is 4.39 Å². The zero-order chi connectivity index (χ0) is 17.3. The summed E-state index contributed by atoms with van der Waals surface area (Å²) < 4.78 is 41.3. The van der Waals surface area contributed by atoms with Gasteiger partial charge in [-0.3, -0.25) is 4.79 Å². The van der Waals surface area contributed by atoms with Gasteiger partial charge in [-0.05, 0) is 37.5 Å². The monoisotopic (exact) mass is 355 g/mol. The summed E-state index contributed by atoms with van der Waals surface area (Å²) in [6.07, 6.45) is 2.09. The van der Waals surface area contributed by atoms with Crippen LogP contribution in [0, 0.1) is 5.82 Å². The molecule has 0 N–H and O–H groups in total. The highest BCUT2D eigenvalue weighted by Gasteiger charge is 2.42. The van der Waals surface area contributed by atoms with Gasteiger partial charge in [0.05, 0.1) is 17.1 Å². The highest BCUT2D eigenvalue weighted by molar-refractivity contribution is 7.91. The lowest BCUT2D eigenvalue weighted by Gasteiger charge is -2.28. The molecule has 3 rings (SSSR count). The van der Waals surface area contributed by atoms with Crippen molar-refractivity contribution in [2.75, 3.05) is 18.1 Å². The van der Waals surface area contributed by atoms with Gasteiger partial charge in [0.15, 0.2) is 16.4 Å². The van der Waals surface area contributed by atoms with Crippen molar-refractivity contribution in [3.05, 3.63) is 35.6 Å². The van der Waals surface area contributed by atoms with Crippen LogP contribution in [-0.2, 0) is 19.4 Å². The number of benzene rings is 1. The van der Waals surface area contributed by atoms with Crippen LogP contribution in [0.5, 0.6) is 0 Å². The van der Waals surface area contributed by atoms with Gasteiger partial charge in [-0.2, -0.15) is 0 Å².